The number of hydrogen-bond donors (Lipinski definition) is 3. The van der Waals surface area contributed by atoms with Gasteiger partial charge in [-0.05, 0) is 62.2 Å². The number of carbonyl (C=O) groups is 2. The minimum absolute atomic E-state index is 0.0663. The van der Waals surface area contributed by atoms with Gasteiger partial charge < -0.3 is 44.0 Å². The van der Waals surface area contributed by atoms with Crippen LogP contribution in [0.2, 0.25) is 0 Å². The fraction of sp³-hybridized carbons (Fsp3) is 0.324. The third kappa shape index (κ3) is 7.48. The molecule has 0 unspecified atom stereocenters. The van der Waals surface area contributed by atoms with Crippen molar-refractivity contribution < 1.29 is 61.1 Å². The molecule has 12 nitrogen and oxygen atoms in total. The molecule has 1 saturated heterocycles. The van der Waals surface area contributed by atoms with Gasteiger partial charge in [0.2, 0.25) is 6.29 Å². The van der Waals surface area contributed by atoms with E-state index in [0.717, 1.165) is 6.07 Å². The Hall–Kier alpha value is -5.12. The smallest absolute Gasteiger partial charge is 0.507 e. The molecular formula is C34H32F3NO11. The summed E-state index contributed by atoms with van der Waals surface area (Å²) in [5.74, 6) is -1.42. The van der Waals surface area contributed by atoms with Gasteiger partial charge in [0.1, 0.15) is 28.9 Å². The van der Waals surface area contributed by atoms with Crippen LogP contribution in [0.25, 0.3) is 22.1 Å². The fourth-order valence-corrected chi connectivity index (χ4v) is 5.76. The summed E-state index contributed by atoms with van der Waals surface area (Å²) >= 11 is 0. The first-order valence-corrected chi connectivity index (χ1v) is 14.8. The maximum Gasteiger partial charge on any atom is 0.573 e. The predicted octanol–water partition coefficient (Wildman–Crippen LogP) is 5.15. The Balaban J connectivity index is 1.40. The normalized spacial score (nSPS) is 20.5. The Kier molecular flexibility index (Phi) is 9.63. The van der Waals surface area contributed by atoms with Crippen LogP contribution >= 0.6 is 0 Å². The lowest BCUT2D eigenvalue weighted by atomic mass is 9.89. The maximum atomic E-state index is 13.3. The SMILES string of the molecule is CO[C@@H]1[C@@H](OC(N)=O)[C@@H](O)[C@H](Oc2ccc3c(O)c(CC(=O)c4cccc(-c5cccc(OC(F)(F)F)c5)c4)c(=O)oc3c2C)OC1(C)C. The van der Waals surface area contributed by atoms with Gasteiger partial charge in [0.05, 0.1) is 16.6 Å². The molecule has 0 aliphatic carbocycles. The largest absolute Gasteiger partial charge is 0.573 e. The zero-order valence-corrected chi connectivity index (χ0v) is 26.6. The molecule has 1 amide bonds. The van der Waals surface area contributed by atoms with Gasteiger partial charge in [-0.15, -0.1) is 13.2 Å². The second-order valence-electron chi connectivity index (χ2n) is 11.8. The van der Waals surface area contributed by atoms with Crippen molar-refractivity contribution in [2.45, 2.75) is 63.8 Å². The highest BCUT2D eigenvalue weighted by Crippen LogP contribution is 2.38. The van der Waals surface area contributed by atoms with E-state index >= 15 is 0 Å². The number of aliphatic hydroxyl groups excluding tert-OH is 1. The van der Waals surface area contributed by atoms with Gasteiger partial charge in [-0.2, -0.15) is 0 Å². The first kappa shape index (κ1) is 35.2. The van der Waals surface area contributed by atoms with E-state index in [-0.39, 0.29) is 33.4 Å². The van der Waals surface area contributed by atoms with Gasteiger partial charge >= 0.3 is 18.1 Å². The first-order valence-electron chi connectivity index (χ1n) is 14.8. The van der Waals surface area contributed by atoms with Crippen molar-refractivity contribution in [1.29, 1.82) is 0 Å². The predicted molar refractivity (Wildman–Crippen MR) is 166 cm³/mol. The summed E-state index contributed by atoms with van der Waals surface area (Å²) in [4.78, 5) is 37.9. The number of Topliss-reactive ketones (excluding diaryl/α,β-unsaturated/α-hetero) is 1. The highest BCUT2D eigenvalue weighted by Gasteiger charge is 2.53. The van der Waals surface area contributed by atoms with Crippen molar-refractivity contribution in [3.05, 3.63) is 87.8 Å². The average Bonchev–Trinajstić information content (AvgIpc) is 3.02. The van der Waals surface area contributed by atoms with E-state index in [1.165, 1.54) is 56.5 Å². The molecule has 1 aromatic heterocycles. The molecule has 49 heavy (non-hydrogen) atoms. The van der Waals surface area contributed by atoms with Gasteiger partial charge in [-0.1, -0.05) is 30.3 Å². The Labute approximate surface area is 276 Å². The number of ether oxygens (including phenoxy) is 5. The first-order chi connectivity index (χ1) is 23.0. The molecule has 3 aromatic carbocycles. The van der Waals surface area contributed by atoms with Crippen LogP contribution < -0.4 is 20.8 Å². The van der Waals surface area contributed by atoms with Crippen molar-refractivity contribution in [3.8, 4) is 28.4 Å². The molecule has 0 saturated carbocycles. The minimum Gasteiger partial charge on any atom is -0.507 e. The van der Waals surface area contributed by atoms with E-state index in [1.807, 2.05) is 0 Å². The Morgan fingerprint density at radius 2 is 1.71 bits per heavy atom. The molecule has 1 aliphatic rings. The van der Waals surface area contributed by atoms with Gasteiger partial charge in [-0.25, -0.2) is 9.59 Å². The van der Waals surface area contributed by atoms with Crippen LogP contribution in [0.15, 0.2) is 69.9 Å². The van der Waals surface area contributed by atoms with Crippen LogP contribution in [0.3, 0.4) is 0 Å². The van der Waals surface area contributed by atoms with Gasteiger partial charge in [0.25, 0.3) is 0 Å². The number of methoxy groups -OCH3 is 1. The second kappa shape index (κ2) is 13.4. The number of alkyl halides is 3. The molecule has 1 aliphatic heterocycles. The van der Waals surface area contributed by atoms with Crippen LogP contribution in [-0.4, -0.2) is 65.8 Å². The minimum atomic E-state index is -4.88. The summed E-state index contributed by atoms with van der Waals surface area (Å²) in [6.45, 7) is 4.80. The second-order valence-corrected chi connectivity index (χ2v) is 11.8. The van der Waals surface area contributed by atoms with E-state index in [0.29, 0.717) is 11.1 Å². The van der Waals surface area contributed by atoms with Crippen LogP contribution in [0.5, 0.6) is 17.2 Å². The van der Waals surface area contributed by atoms with Gasteiger partial charge in [-0.3, -0.25) is 4.79 Å². The molecule has 4 aromatic rings. The third-order valence-electron chi connectivity index (χ3n) is 8.03. The number of fused-ring (bicyclic) bond motifs is 1. The third-order valence-corrected chi connectivity index (χ3v) is 8.03. The highest BCUT2D eigenvalue weighted by molar-refractivity contribution is 6.00. The Morgan fingerprint density at radius 1 is 1.04 bits per heavy atom. The zero-order valence-electron chi connectivity index (χ0n) is 26.6. The van der Waals surface area contributed by atoms with Crippen molar-refractivity contribution in [1.82, 2.24) is 0 Å². The number of ketones is 1. The number of amides is 1. The monoisotopic (exact) mass is 687 g/mol. The number of aryl methyl sites for hydroxylation is 1. The summed E-state index contributed by atoms with van der Waals surface area (Å²) in [5, 5.41) is 22.2. The van der Waals surface area contributed by atoms with Crippen molar-refractivity contribution >= 4 is 22.8 Å². The summed E-state index contributed by atoms with van der Waals surface area (Å²) in [6.07, 6.45) is -11.7. The lowest BCUT2D eigenvalue weighted by Gasteiger charge is -2.47. The fourth-order valence-electron chi connectivity index (χ4n) is 5.76. The summed E-state index contributed by atoms with van der Waals surface area (Å²) < 4.78 is 70.0. The van der Waals surface area contributed by atoms with E-state index in [2.05, 4.69) is 4.74 Å². The molecule has 2 heterocycles. The number of rotatable bonds is 9. The number of primary amides is 1. The molecule has 0 spiro atoms. The number of hydrogen-bond acceptors (Lipinski definition) is 11. The zero-order chi connectivity index (χ0) is 35.8. The quantitative estimate of drug-likeness (QED) is 0.157. The molecular weight excluding hydrogens is 655 g/mol. The molecule has 0 radical (unpaired) electrons. The van der Waals surface area contributed by atoms with E-state index < -0.39 is 72.0 Å². The number of halogens is 3. The maximum absolute atomic E-state index is 13.3. The highest BCUT2D eigenvalue weighted by atomic mass is 19.4. The van der Waals surface area contributed by atoms with Gasteiger partial charge in [0, 0.05) is 24.7 Å². The van der Waals surface area contributed by atoms with Crippen molar-refractivity contribution in [3.63, 3.8) is 0 Å². The van der Waals surface area contributed by atoms with Crippen LogP contribution in [0, 0.1) is 6.92 Å². The standard InChI is InChI=1S/C34H32F3NO11/c1-16-24(45-31-26(41)28(47-32(38)43)29(44-4)33(2,3)49-31)12-11-21-25(40)22(30(42)46-27(16)21)15-23(39)19-9-5-7-17(13-19)18-8-6-10-20(14-18)48-34(35,36)37/h5-14,26,28-29,31,40-41H,15H2,1-4H3,(H2,38,43)/t26-,28+,29-,31-/m1/s1. The Bertz CT molecular complexity index is 1960. The van der Waals surface area contributed by atoms with Crippen LogP contribution in [0.1, 0.15) is 35.3 Å². The lowest BCUT2D eigenvalue weighted by molar-refractivity contribution is -0.304. The molecule has 15 heteroatoms. The summed E-state index contributed by atoms with van der Waals surface area (Å²) in [6, 6.07) is 14.1. The number of carbonyl (C=O) groups excluding carboxylic acids is 2. The molecule has 5 rings (SSSR count). The average molecular weight is 688 g/mol. The Morgan fingerprint density at radius 3 is 2.37 bits per heavy atom. The number of aromatic hydroxyl groups is 1. The van der Waals surface area contributed by atoms with E-state index in [1.54, 1.807) is 26.0 Å². The lowest BCUT2D eigenvalue weighted by Crippen LogP contribution is -2.65. The van der Waals surface area contributed by atoms with Crippen molar-refractivity contribution in [2.24, 2.45) is 5.73 Å². The van der Waals surface area contributed by atoms with Crippen LogP contribution in [0.4, 0.5) is 18.0 Å². The molecule has 0 bridgehead atoms. The molecule has 4 atom stereocenters. The van der Waals surface area contributed by atoms with E-state index in [4.69, 9.17) is 29.1 Å². The summed E-state index contributed by atoms with van der Waals surface area (Å²) in [5.41, 5.74) is 3.82. The number of aliphatic hydroxyl groups is 1. The number of nitrogens with two attached hydrogens (primary N) is 1. The number of benzene rings is 3. The molecule has 4 N–H and O–H groups in total. The molecule has 1 fully saturated rings. The van der Waals surface area contributed by atoms with Gasteiger partial charge in [0.15, 0.2) is 18.0 Å². The topological polar surface area (TPSA) is 177 Å². The summed E-state index contributed by atoms with van der Waals surface area (Å²) in [7, 11) is 1.35. The van der Waals surface area contributed by atoms with Crippen LogP contribution in [-0.2, 0) is 20.6 Å². The van der Waals surface area contributed by atoms with E-state index in [9.17, 15) is 37.8 Å². The van der Waals surface area contributed by atoms with Crippen molar-refractivity contribution in [2.75, 3.05) is 7.11 Å². The molecule has 260 valence electrons.